The second kappa shape index (κ2) is 7.57. The summed E-state index contributed by atoms with van der Waals surface area (Å²) in [6.45, 7) is 11.6. The van der Waals surface area contributed by atoms with E-state index in [1.54, 1.807) is 11.7 Å². The highest BCUT2D eigenvalue weighted by molar-refractivity contribution is 7.11. The molecule has 5 heteroatoms. The molecule has 3 aromatic rings. The molecule has 0 amide bonds. The Morgan fingerprint density at radius 1 is 1.06 bits per heavy atom. The van der Waals surface area contributed by atoms with Gasteiger partial charge in [-0.1, -0.05) is 19.9 Å². The summed E-state index contributed by atoms with van der Waals surface area (Å²) in [5, 5.41) is 0. The topological polar surface area (TPSA) is 42.4 Å². The van der Waals surface area contributed by atoms with Crippen molar-refractivity contribution in [2.24, 2.45) is 0 Å². The first-order valence-corrected chi connectivity index (χ1v) is 11.4. The fraction of sp³-hybridized carbons (Fsp3) is 0.385. The molecular formula is C26H30N2O2S. The summed E-state index contributed by atoms with van der Waals surface area (Å²) in [6.07, 6.45) is 1.64. The Labute approximate surface area is 188 Å². The predicted molar refractivity (Wildman–Crippen MR) is 128 cm³/mol. The molecule has 0 spiro atoms. The van der Waals surface area contributed by atoms with Crippen molar-refractivity contribution in [3.05, 3.63) is 69.2 Å². The number of carbonyl (C=O) groups is 1. The third kappa shape index (κ3) is 3.81. The highest BCUT2D eigenvalue weighted by Gasteiger charge is 2.38. The van der Waals surface area contributed by atoms with Crippen LogP contribution in [0, 0.1) is 6.92 Å². The number of nitrogens with zero attached hydrogens (tertiary/aromatic N) is 2. The second-order valence-corrected chi connectivity index (χ2v) is 10.6. The molecule has 0 unspecified atom stereocenters. The Morgan fingerprint density at radius 2 is 1.81 bits per heavy atom. The van der Waals surface area contributed by atoms with E-state index in [1.807, 2.05) is 32.3 Å². The molecular weight excluding hydrogens is 404 g/mol. The summed E-state index contributed by atoms with van der Waals surface area (Å²) in [4.78, 5) is 19.8. The van der Waals surface area contributed by atoms with E-state index < -0.39 is 0 Å². The zero-order valence-corrected chi connectivity index (χ0v) is 20.2. The minimum Gasteiger partial charge on any atom is -0.377 e. The Morgan fingerprint density at radius 3 is 2.45 bits per heavy atom. The van der Waals surface area contributed by atoms with Gasteiger partial charge in [-0.25, -0.2) is 0 Å². The minimum absolute atomic E-state index is 0.0135. The first-order valence-electron chi connectivity index (χ1n) is 10.6. The van der Waals surface area contributed by atoms with Crippen molar-refractivity contribution in [3.63, 3.8) is 0 Å². The number of rotatable bonds is 4. The van der Waals surface area contributed by atoms with E-state index in [1.165, 1.54) is 28.0 Å². The first-order chi connectivity index (χ1) is 14.5. The maximum absolute atomic E-state index is 13.0. The van der Waals surface area contributed by atoms with Crippen LogP contribution in [0.3, 0.4) is 0 Å². The van der Waals surface area contributed by atoms with Gasteiger partial charge < -0.3 is 9.64 Å². The predicted octanol–water partition coefficient (Wildman–Crippen LogP) is 5.96. The summed E-state index contributed by atoms with van der Waals surface area (Å²) < 4.78 is 6.20. The smallest absolute Gasteiger partial charge is 0.204 e. The number of hydrogen-bond acceptors (Lipinski definition) is 5. The number of thiazole rings is 1. The molecule has 0 N–H and O–H groups in total. The molecule has 2 aromatic carbocycles. The van der Waals surface area contributed by atoms with Crippen LogP contribution in [0.4, 0.5) is 5.69 Å². The lowest BCUT2D eigenvalue weighted by atomic mass is 9.73. The van der Waals surface area contributed by atoms with Crippen molar-refractivity contribution < 1.29 is 9.53 Å². The number of carbonyl (C=O) groups excluding carboxylic acids is 1. The van der Waals surface area contributed by atoms with Crippen molar-refractivity contribution in [2.75, 3.05) is 25.6 Å². The van der Waals surface area contributed by atoms with Crippen molar-refractivity contribution in [3.8, 4) is 11.1 Å². The van der Waals surface area contributed by atoms with E-state index >= 15 is 0 Å². The number of aromatic nitrogens is 1. The molecule has 1 aliphatic rings. The minimum atomic E-state index is -0.317. The molecule has 1 aliphatic heterocycles. The van der Waals surface area contributed by atoms with Gasteiger partial charge in [0.2, 0.25) is 5.78 Å². The molecule has 31 heavy (non-hydrogen) atoms. The van der Waals surface area contributed by atoms with E-state index in [9.17, 15) is 4.79 Å². The van der Waals surface area contributed by atoms with Gasteiger partial charge in [0, 0.05) is 42.5 Å². The number of anilines is 1. The zero-order valence-electron chi connectivity index (χ0n) is 19.4. The van der Waals surface area contributed by atoms with Crippen molar-refractivity contribution in [1.82, 2.24) is 4.98 Å². The summed E-state index contributed by atoms with van der Waals surface area (Å²) in [5.41, 5.74) is 9.04. The summed E-state index contributed by atoms with van der Waals surface area (Å²) in [6, 6.07) is 10.6. The fourth-order valence-corrected chi connectivity index (χ4v) is 4.91. The van der Waals surface area contributed by atoms with Crippen LogP contribution in [0.1, 0.15) is 59.6 Å². The Kier molecular flexibility index (Phi) is 5.31. The molecule has 1 aromatic heterocycles. The van der Waals surface area contributed by atoms with Crippen LogP contribution in [0.2, 0.25) is 0 Å². The Hall–Kier alpha value is -2.50. The molecule has 4 rings (SSSR count). The molecule has 0 saturated heterocycles. The average Bonchev–Trinajstić information content (AvgIpc) is 3.25. The average molecular weight is 435 g/mol. The van der Waals surface area contributed by atoms with Crippen molar-refractivity contribution in [1.29, 1.82) is 0 Å². The van der Waals surface area contributed by atoms with Crippen LogP contribution in [0.15, 0.2) is 42.0 Å². The van der Waals surface area contributed by atoms with E-state index in [0.29, 0.717) is 17.0 Å². The van der Waals surface area contributed by atoms with Gasteiger partial charge >= 0.3 is 0 Å². The number of hydrogen-bond donors (Lipinski definition) is 0. The molecule has 0 saturated carbocycles. The van der Waals surface area contributed by atoms with E-state index in [0.717, 1.165) is 16.8 Å². The first kappa shape index (κ1) is 21.7. The van der Waals surface area contributed by atoms with Gasteiger partial charge in [-0.3, -0.25) is 9.78 Å². The third-order valence-corrected chi connectivity index (χ3v) is 6.99. The monoisotopic (exact) mass is 434 g/mol. The normalized spacial score (nSPS) is 16.6. The van der Waals surface area contributed by atoms with E-state index in [4.69, 9.17) is 4.74 Å². The van der Waals surface area contributed by atoms with Crippen LogP contribution in [0.5, 0.6) is 0 Å². The van der Waals surface area contributed by atoms with E-state index in [2.05, 4.69) is 56.6 Å². The van der Waals surface area contributed by atoms with Gasteiger partial charge in [-0.05, 0) is 67.3 Å². The van der Waals surface area contributed by atoms with Crippen LogP contribution < -0.4 is 4.90 Å². The van der Waals surface area contributed by atoms with Gasteiger partial charge in [0.25, 0.3) is 0 Å². The molecule has 162 valence electrons. The Balaban J connectivity index is 1.93. The number of aryl methyl sites for hydroxylation is 1. The SMILES string of the molecule is Cc1cc2c(cc1-c1cc(C(=O)c3cncs3)ccc1N(C)C)C(C)(C)COC2(C)C. The summed E-state index contributed by atoms with van der Waals surface area (Å²) in [5.74, 6) is 0.0135. The quantitative estimate of drug-likeness (QED) is 0.475. The number of ketones is 1. The van der Waals surface area contributed by atoms with Crippen LogP contribution >= 0.6 is 11.3 Å². The number of fused-ring (bicyclic) bond motifs is 1. The zero-order chi connectivity index (χ0) is 22.6. The van der Waals surface area contributed by atoms with Gasteiger partial charge in [-0.2, -0.15) is 0 Å². The summed E-state index contributed by atoms with van der Waals surface area (Å²) >= 11 is 1.37. The molecule has 4 nitrogen and oxygen atoms in total. The van der Waals surface area contributed by atoms with E-state index in [-0.39, 0.29) is 16.8 Å². The standard InChI is InChI=1S/C26H30N2O2S/c1-16-10-21-20(25(2,3)14-30-26(21,4)5)12-18(16)19-11-17(8-9-22(19)28(6)7)24(29)23-13-27-15-31-23/h8-13,15H,14H2,1-7H3. The highest BCUT2D eigenvalue weighted by atomic mass is 32.1. The van der Waals surface area contributed by atoms with Gasteiger partial charge in [0.05, 0.1) is 22.6 Å². The lowest BCUT2D eigenvalue weighted by Gasteiger charge is -2.42. The van der Waals surface area contributed by atoms with Gasteiger partial charge in [0.15, 0.2) is 0 Å². The lowest BCUT2D eigenvalue weighted by Crippen LogP contribution is -2.40. The summed E-state index contributed by atoms with van der Waals surface area (Å²) in [7, 11) is 4.08. The van der Waals surface area contributed by atoms with Crippen LogP contribution in [-0.4, -0.2) is 31.5 Å². The number of ether oxygens (including phenoxy) is 1. The maximum atomic E-state index is 13.0. The Bertz CT molecular complexity index is 1140. The molecule has 0 radical (unpaired) electrons. The molecule has 0 aliphatic carbocycles. The third-order valence-electron chi connectivity index (χ3n) is 6.22. The largest absolute Gasteiger partial charge is 0.377 e. The lowest BCUT2D eigenvalue weighted by molar-refractivity contribution is -0.0587. The van der Waals surface area contributed by atoms with Crippen LogP contribution in [0.25, 0.3) is 11.1 Å². The number of benzene rings is 2. The molecule has 2 heterocycles. The molecule has 0 fully saturated rings. The van der Waals surface area contributed by atoms with Gasteiger partial charge in [0.1, 0.15) is 0 Å². The fourth-order valence-electron chi connectivity index (χ4n) is 4.33. The molecule has 0 atom stereocenters. The highest BCUT2D eigenvalue weighted by Crippen LogP contribution is 2.45. The van der Waals surface area contributed by atoms with Crippen molar-refractivity contribution >= 4 is 22.8 Å². The maximum Gasteiger partial charge on any atom is 0.204 e. The second-order valence-electron chi connectivity index (χ2n) is 9.72. The van der Waals surface area contributed by atoms with Crippen LogP contribution in [-0.2, 0) is 15.8 Å². The molecule has 0 bridgehead atoms. The van der Waals surface area contributed by atoms with Crippen molar-refractivity contribution in [2.45, 2.75) is 45.6 Å². The van der Waals surface area contributed by atoms with Gasteiger partial charge in [-0.15, -0.1) is 11.3 Å².